The first-order valence-electron chi connectivity index (χ1n) is 7.52. The average molecular weight is 256 g/mol. The van der Waals surface area contributed by atoms with Gasteiger partial charge in [0.1, 0.15) is 0 Å². The highest BCUT2D eigenvalue weighted by Gasteiger charge is 2.24. The van der Waals surface area contributed by atoms with Gasteiger partial charge in [0.2, 0.25) is 0 Å². The summed E-state index contributed by atoms with van der Waals surface area (Å²) in [5, 5.41) is 4.92. The number of aryl methyl sites for hydroxylation is 1. The van der Waals surface area contributed by atoms with E-state index in [9.17, 15) is 0 Å². The lowest BCUT2D eigenvalue weighted by atomic mass is 9.81. The highest BCUT2D eigenvalue weighted by Crippen LogP contribution is 2.30. The van der Waals surface area contributed by atoms with Gasteiger partial charge in [-0.25, -0.2) is 0 Å². The van der Waals surface area contributed by atoms with Crippen LogP contribution >= 0.6 is 0 Å². The molecular weight excluding hydrogens is 232 g/mol. The standard InChI is InChI=1S/C17H24N2/c1-12-7-8-15-14(11-19-17(15)9-12)10-13-5-3-4-6-16(13)18-2/h7-9,11,13,16,18-19H,3-6,10H2,1-2H3. The molecule has 1 fully saturated rings. The van der Waals surface area contributed by atoms with E-state index in [0.717, 1.165) is 5.92 Å². The maximum Gasteiger partial charge on any atom is 0.0459 e. The molecule has 1 aromatic carbocycles. The second kappa shape index (κ2) is 5.38. The Hall–Kier alpha value is -1.28. The number of aromatic amines is 1. The second-order valence-electron chi connectivity index (χ2n) is 6.01. The molecule has 1 heterocycles. The van der Waals surface area contributed by atoms with Crippen molar-refractivity contribution in [2.75, 3.05) is 7.05 Å². The Kier molecular flexibility index (Phi) is 3.61. The summed E-state index contributed by atoms with van der Waals surface area (Å²) in [5.74, 6) is 0.791. The molecule has 0 radical (unpaired) electrons. The lowest BCUT2D eigenvalue weighted by molar-refractivity contribution is 0.273. The van der Waals surface area contributed by atoms with Crippen molar-refractivity contribution >= 4 is 10.9 Å². The van der Waals surface area contributed by atoms with E-state index in [2.05, 4.69) is 48.7 Å². The van der Waals surface area contributed by atoms with Crippen LogP contribution in [0.2, 0.25) is 0 Å². The molecule has 2 heteroatoms. The van der Waals surface area contributed by atoms with Crippen molar-refractivity contribution in [2.24, 2.45) is 5.92 Å². The van der Waals surface area contributed by atoms with Gasteiger partial charge in [0.25, 0.3) is 0 Å². The van der Waals surface area contributed by atoms with E-state index < -0.39 is 0 Å². The second-order valence-corrected chi connectivity index (χ2v) is 6.01. The normalized spacial score (nSPS) is 23.9. The van der Waals surface area contributed by atoms with Gasteiger partial charge in [-0.1, -0.05) is 25.0 Å². The van der Waals surface area contributed by atoms with Crippen molar-refractivity contribution in [3.8, 4) is 0 Å². The minimum absolute atomic E-state index is 0.698. The number of hydrogen-bond acceptors (Lipinski definition) is 1. The van der Waals surface area contributed by atoms with Crippen molar-refractivity contribution < 1.29 is 0 Å². The number of aromatic nitrogens is 1. The van der Waals surface area contributed by atoms with Gasteiger partial charge in [-0.2, -0.15) is 0 Å². The summed E-state index contributed by atoms with van der Waals surface area (Å²) in [4.78, 5) is 3.43. The van der Waals surface area contributed by atoms with Gasteiger partial charge < -0.3 is 10.3 Å². The molecule has 19 heavy (non-hydrogen) atoms. The van der Waals surface area contributed by atoms with E-state index >= 15 is 0 Å². The Morgan fingerprint density at radius 1 is 1.26 bits per heavy atom. The molecule has 102 valence electrons. The number of rotatable bonds is 3. The Balaban J connectivity index is 1.84. The predicted molar refractivity (Wildman–Crippen MR) is 81.5 cm³/mol. The monoisotopic (exact) mass is 256 g/mol. The number of nitrogens with one attached hydrogen (secondary N) is 2. The first-order chi connectivity index (χ1) is 9.28. The fraction of sp³-hybridized carbons (Fsp3) is 0.529. The SMILES string of the molecule is CNC1CCCCC1Cc1c[nH]c2cc(C)ccc12. The van der Waals surface area contributed by atoms with E-state index in [-0.39, 0.29) is 0 Å². The maximum atomic E-state index is 3.51. The van der Waals surface area contributed by atoms with Crippen molar-refractivity contribution in [2.45, 2.75) is 45.1 Å². The van der Waals surface area contributed by atoms with Gasteiger partial charge in [-0.05, 0) is 56.3 Å². The molecule has 3 rings (SSSR count). The molecule has 0 amide bonds. The topological polar surface area (TPSA) is 27.8 Å². The van der Waals surface area contributed by atoms with Crippen LogP contribution in [0.25, 0.3) is 10.9 Å². The molecule has 2 nitrogen and oxygen atoms in total. The number of hydrogen-bond donors (Lipinski definition) is 2. The summed E-state index contributed by atoms with van der Waals surface area (Å²) in [6.07, 6.45) is 8.89. The summed E-state index contributed by atoms with van der Waals surface area (Å²) in [5.41, 5.74) is 4.10. The molecule has 2 atom stereocenters. The zero-order valence-electron chi connectivity index (χ0n) is 12.0. The van der Waals surface area contributed by atoms with Gasteiger partial charge >= 0.3 is 0 Å². The molecule has 1 aromatic heterocycles. The smallest absolute Gasteiger partial charge is 0.0459 e. The Morgan fingerprint density at radius 2 is 2.11 bits per heavy atom. The third kappa shape index (κ3) is 2.55. The molecule has 0 bridgehead atoms. The summed E-state index contributed by atoms with van der Waals surface area (Å²) >= 11 is 0. The lowest BCUT2D eigenvalue weighted by Gasteiger charge is -2.31. The Bertz CT molecular complexity index is 555. The molecule has 2 unspecified atom stereocenters. The van der Waals surface area contributed by atoms with Gasteiger partial charge in [-0.15, -0.1) is 0 Å². The van der Waals surface area contributed by atoms with Crippen LogP contribution in [-0.4, -0.2) is 18.1 Å². The van der Waals surface area contributed by atoms with Crippen LogP contribution < -0.4 is 5.32 Å². The first kappa shape index (κ1) is 12.7. The molecule has 1 aliphatic carbocycles. The minimum Gasteiger partial charge on any atom is -0.361 e. The molecule has 0 spiro atoms. The van der Waals surface area contributed by atoms with E-state index in [0.29, 0.717) is 6.04 Å². The third-order valence-corrected chi connectivity index (χ3v) is 4.68. The summed E-state index contributed by atoms with van der Waals surface area (Å²) in [6, 6.07) is 7.43. The number of benzene rings is 1. The molecular formula is C17H24N2. The number of H-pyrrole nitrogens is 1. The zero-order valence-corrected chi connectivity index (χ0v) is 12.0. The number of fused-ring (bicyclic) bond motifs is 1. The molecule has 0 saturated heterocycles. The molecule has 0 aliphatic heterocycles. The van der Waals surface area contributed by atoms with Crippen LogP contribution in [0.4, 0.5) is 0 Å². The summed E-state index contributed by atoms with van der Waals surface area (Å²) in [7, 11) is 2.11. The van der Waals surface area contributed by atoms with Crippen LogP contribution in [0, 0.1) is 12.8 Å². The highest BCUT2D eigenvalue weighted by molar-refractivity contribution is 5.83. The average Bonchev–Trinajstić information content (AvgIpc) is 2.82. The maximum absolute atomic E-state index is 3.51. The zero-order chi connectivity index (χ0) is 13.2. The highest BCUT2D eigenvalue weighted by atomic mass is 14.9. The van der Waals surface area contributed by atoms with Crippen molar-refractivity contribution in [1.82, 2.24) is 10.3 Å². The third-order valence-electron chi connectivity index (χ3n) is 4.68. The van der Waals surface area contributed by atoms with Crippen molar-refractivity contribution in [1.29, 1.82) is 0 Å². The summed E-state index contributed by atoms with van der Waals surface area (Å²) < 4.78 is 0. The predicted octanol–water partition coefficient (Wildman–Crippen LogP) is 3.80. The first-order valence-corrected chi connectivity index (χ1v) is 7.52. The molecule has 2 N–H and O–H groups in total. The molecule has 1 saturated carbocycles. The van der Waals surface area contributed by atoms with Crippen LogP contribution in [0.3, 0.4) is 0 Å². The fourth-order valence-electron chi connectivity index (χ4n) is 3.58. The van der Waals surface area contributed by atoms with Crippen molar-refractivity contribution in [3.63, 3.8) is 0 Å². The lowest BCUT2D eigenvalue weighted by Crippen LogP contribution is -2.37. The fourth-order valence-corrected chi connectivity index (χ4v) is 3.58. The van der Waals surface area contributed by atoms with Gasteiger partial charge in [0.15, 0.2) is 0 Å². The van der Waals surface area contributed by atoms with E-state index in [1.807, 2.05) is 0 Å². The van der Waals surface area contributed by atoms with Crippen LogP contribution in [0.5, 0.6) is 0 Å². The van der Waals surface area contributed by atoms with Gasteiger partial charge in [0, 0.05) is 23.1 Å². The van der Waals surface area contributed by atoms with Crippen molar-refractivity contribution in [3.05, 3.63) is 35.5 Å². The molecule has 1 aliphatic rings. The minimum atomic E-state index is 0.698. The van der Waals surface area contributed by atoms with E-state index in [1.165, 1.54) is 54.1 Å². The van der Waals surface area contributed by atoms with Crippen LogP contribution in [0.15, 0.2) is 24.4 Å². The van der Waals surface area contributed by atoms with Crippen LogP contribution in [-0.2, 0) is 6.42 Å². The Labute approximate surface area is 115 Å². The summed E-state index contributed by atoms with van der Waals surface area (Å²) in [6.45, 7) is 2.15. The van der Waals surface area contributed by atoms with Gasteiger partial charge in [-0.3, -0.25) is 0 Å². The van der Waals surface area contributed by atoms with Gasteiger partial charge in [0.05, 0.1) is 0 Å². The molecule has 2 aromatic rings. The quantitative estimate of drug-likeness (QED) is 0.859. The largest absolute Gasteiger partial charge is 0.361 e. The van der Waals surface area contributed by atoms with E-state index in [1.54, 1.807) is 0 Å². The van der Waals surface area contributed by atoms with E-state index in [4.69, 9.17) is 0 Å². The Morgan fingerprint density at radius 3 is 2.95 bits per heavy atom. The van der Waals surface area contributed by atoms with Crippen LogP contribution in [0.1, 0.15) is 36.8 Å².